The van der Waals surface area contributed by atoms with Crippen molar-refractivity contribution in [1.29, 1.82) is 0 Å². The molecule has 1 aromatic heterocycles. The van der Waals surface area contributed by atoms with Gasteiger partial charge in [-0.15, -0.1) is 0 Å². The molecule has 0 aliphatic heterocycles. The first kappa shape index (κ1) is 14.4. The van der Waals surface area contributed by atoms with E-state index in [0.29, 0.717) is 27.0 Å². The van der Waals surface area contributed by atoms with Crippen molar-refractivity contribution in [2.45, 2.75) is 13.0 Å². The zero-order valence-corrected chi connectivity index (χ0v) is 12.7. The van der Waals surface area contributed by atoms with Crippen LogP contribution >= 0.6 is 23.2 Å². The van der Waals surface area contributed by atoms with Crippen molar-refractivity contribution in [3.8, 4) is 0 Å². The minimum absolute atomic E-state index is 0.350. The van der Waals surface area contributed by atoms with Gasteiger partial charge in [-0.1, -0.05) is 35.3 Å². The Hall–Kier alpha value is -1.55. The topological polar surface area (TPSA) is 39.2 Å². The molecule has 1 atom stereocenters. The monoisotopic (exact) mass is 323 g/mol. The minimum Gasteiger partial charge on any atom is -0.459 e. The fourth-order valence-corrected chi connectivity index (χ4v) is 2.84. The van der Waals surface area contributed by atoms with Crippen molar-refractivity contribution in [3.05, 3.63) is 69.1 Å². The van der Waals surface area contributed by atoms with E-state index in [2.05, 4.69) is 0 Å². The lowest BCUT2D eigenvalue weighted by Crippen LogP contribution is -2.12. The Labute approximate surface area is 131 Å². The van der Waals surface area contributed by atoms with E-state index in [4.69, 9.17) is 33.4 Å². The van der Waals surface area contributed by atoms with Gasteiger partial charge in [-0.05, 0) is 30.7 Å². The van der Waals surface area contributed by atoms with Gasteiger partial charge in [0.2, 0.25) is 0 Å². The van der Waals surface area contributed by atoms with Gasteiger partial charge in [0.15, 0.2) is 0 Å². The Bertz CT molecular complexity index is 829. The summed E-state index contributed by atoms with van der Waals surface area (Å²) in [6.45, 7) is 1.89. The maximum Gasteiger partial charge on any atom is 0.137 e. The molecule has 2 nitrogen and oxygen atoms in total. The largest absolute Gasteiger partial charge is 0.459 e. The van der Waals surface area contributed by atoms with Crippen molar-refractivity contribution in [2.75, 3.05) is 0 Å². The highest BCUT2D eigenvalue weighted by molar-refractivity contribution is 6.42. The van der Waals surface area contributed by atoms with Crippen LogP contribution in [0.15, 0.2) is 40.8 Å². The molecule has 2 N–H and O–H groups in total. The number of nitrogens with two attached hydrogens (primary N) is 1. The summed E-state index contributed by atoms with van der Waals surface area (Å²) in [6.07, 6.45) is 0. The van der Waals surface area contributed by atoms with E-state index < -0.39 is 6.04 Å². The number of fused-ring (bicyclic) bond motifs is 1. The van der Waals surface area contributed by atoms with Gasteiger partial charge in [0.25, 0.3) is 0 Å². The molecule has 0 spiro atoms. The number of hydrogen-bond acceptors (Lipinski definition) is 2. The second-order valence-corrected chi connectivity index (χ2v) is 5.64. The smallest absolute Gasteiger partial charge is 0.137 e. The van der Waals surface area contributed by atoms with Crippen LogP contribution in [0.3, 0.4) is 0 Å². The summed E-state index contributed by atoms with van der Waals surface area (Å²) in [6, 6.07) is 9.13. The zero-order valence-electron chi connectivity index (χ0n) is 11.2. The van der Waals surface area contributed by atoms with Crippen LogP contribution in [-0.2, 0) is 0 Å². The minimum atomic E-state index is -0.563. The molecule has 0 saturated carbocycles. The molecule has 1 unspecified atom stereocenters. The third-order valence-electron chi connectivity index (χ3n) is 3.54. The summed E-state index contributed by atoms with van der Waals surface area (Å²) in [5.41, 5.74) is 8.27. The van der Waals surface area contributed by atoms with Gasteiger partial charge < -0.3 is 10.2 Å². The van der Waals surface area contributed by atoms with E-state index in [9.17, 15) is 4.39 Å². The molecule has 0 aliphatic carbocycles. The molecule has 3 aromatic rings. The summed E-state index contributed by atoms with van der Waals surface area (Å²) in [5.74, 6) is 0.205. The number of benzene rings is 2. The second-order valence-electron chi connectivity index (χ2n) is 4.85. The van der Waals surface area contributed by atoms with Crippen LogP contribution in [0.5, 0.6) is 0 Å². The summed E-state index contributed by atoms with van der Waals surface area (Å²) in [7, 11) is 0. The molecule has 0 fully saturated rings. The predicted octanol–water partition coefficient (Wildman–Crippen LogP) is 5.24. The van der Waals surface area contributed by atoms with Gasteiger partial charge in [0, 0.05) is 17.0 Å². The van der Waals surface area contributed by atoms with Gasteiger partial charge in [-0.2, -0.15) is 0 Å². The third kappa shape index (κ3) is 2.42. The molecule has 5 heteroatoms. The Morgan fingerprint density at radius 1 is 1.19 bits per heavy atom. The average Bonchev–Trinajstić information content (AvgIpc) is 2.78. The van der Waals surface area contributed by atoms with Crippen molar-refractivity contribution < 1.29 is 8.81 Å². The van der Waals surface area contributed by atoms with E-state index in [1.807, 2.05) is 6.92 Å². The number of aryl methyl sites for hydroxylation is 1. The molecule has 21 heavy (non-hydrogen) atoms. The zero-order chi connectivity index (χ0) is 15.1. The van der Waals surface area contributed by atoms with Crippen LogP contribution in [0.25, 0.3) is 11.0 Å². The lowest BCUT2D eigenvalue weighted by Gasteiger charge is -2.13. The van der Waals surface area contributed by atoms with Crippen LogP contribution in [-0.4, -0.2) is 0 Å². The molecule has 0 saturated heterocycles. The van der Waals surface area contributed by atoms with E-state index in [-0.39, 0.29) is 5.82 Å². The van der Waals surface area contributed by atoms with Crippen molar-refractivity contribution in [2.24, 2.45) is 5.73 Å². The van der Waals surface area contributed by atoms with Gasteiger partial charge in [0.05, 0.1) is 16.1 Å². The summed E-state index contributed by atoms with van der Waals surface area (Å²) in [5, 5.41) is 1.67. The van der Waals surface area contributed by atoms with E-state index in [0.717, 1.165) is 10.9 Å². The number of rotatable bonds is 2. The lowest BCUT2D eigenvalue weighted by atomic mass is 10.0. The van der Waals surface area contributed by atoms with E-state index in [1.54, 1.807) is 24.3 Å². The highest BCUT2D eigenvalue weighted by Gasteiger charge is 2.21. The number of halogens is 3. The molecule has 1 heterocycles. The Morgan fingerprint density at radius 2 is 1.95 bits per heavy atom. The number of furan rings is 1. The molecule has 3 rings (SSSR count). The molecular formula is C16H12Cl2FNO. The Kier molecular flexibility index (Phi) is 3.66. The first-order valence-electron chi connectivity index (χ1n) is 6.37. The molecule has 2 aromatic carbocycles. The average molecular weight is 324 g/mol. The molecule has 0 radical (unpaired) electrons. The van der Waals surface area contributed by atoms with Crippen molar-refractivity contribution >= 4 is 34.2 Å². The van der Waals surface area contributed by atoms with Crippen molar-refractivity contribution in [3.63, 3.8) is 0 Å². The van der Waals surface area contributed by atoms with Crippen LogP contribution in [0.2, 0.25) is 10.0 Å². The third-order valence-corrected chi connectivity index (χ3v) is 4.37. The first-order chi connectivity index (χ1) is 9.99. The van der Waals surface area contributed by atoms with Crippen LogP contribution < -0.4 is 5.73 Å². The summed E-state index contributed by atoms with van der Waals surface area (Å²) in [4.78, 5) is 0. The molecule has 0 amide bonds. The lowest BCUT2D eigenvalue weighted by molar-refractivity contribution is 0.518. The second kappa shape index (κ2) is 5.34. The van der Waals surface area contributed by atoms with Gasteiger partial charge in [-0.25, -0.2) is 4.39 Å². The summed E-state index contributed by atoms with van der Waals surface area (Å²) < 4.78 is 19.0. The van der Waals surface area contributed by atoms with E-state index >= 15 is 0 Å². The van der Waals surface area contributed by atoms with Gasteiger partial charge >= 0.3 is 0 Å². The first-order valence-corrected chi connectivity index (χ1v) is 7.12. The Morgan fingerprint density at radius 3 is 2.71 bits per heavy atom. The molecule has 108 valence electrons. The van der Waals surface area contributed by atoms with Crippen LogP contribution in [0.4, 0.5) is 4.39 Å². The molecular weight excluding hydrogens is 312 g/mol. The fraction of sp³-hybridized carbons (Fsp3) is 0.125. The maximum absolute atomic E-state index is 13.3. The standard InChI is InChI=1S/C16H12Cl2FNO/c1-8-10-6-5-9(19)7-13(10)21-16(8)15(20)11-3-2-4-12(17)14(11)18/h2-7,15H,20H2,1H3. The van der Waals surface area contributed by atoms with Gasteiger partial charge in [0.1, 0.15) is 17.2 Å². The normalized spacial score (nSPS) is 12.8. The number of hydrogen-bond donors (Lipinski definition) is 1. The predicted molar refractivity (Wildman–Crippen MR) is 83.4 cm³/mol. The SMILES string of the molecule is Cc1c(C(N)c2cccc(Cl)c2Cl)oc2cc(F)ccc12. The van der Waals surface area contributed by atoms with Crippen LogP contribution in [0, 0.1) is 12.7 Å². The van der Waals surface area contributed by atoms with Gasteiger partial charge in [-0.3, -0.25) is 0 Å². The summed E-state index contributed by atoms with van der Waals surface area (Å²) >= 11 is 12.2. The highest BCUT2D eigenvalue weighted by atomic mass is 35.5. The fourth-order valence-electron chi connectivity index (χ4n) is 2.42. The quantitative estimate of drug-likeness (QED) is 0.700. The van der Waals surface area contributed by atoms with Crippen LogP contribution in [0.1, 0.15) is 22.9 Å². The van der Waals surface area contributed by atoms with E-state index in [1.165, 1.54) is 12.1 Å². The maximum atomic E-state index is 13.3. The highest BCUT2D eigenvalue weighted by Crippen LogP contribution is 2.36. The molecule has 0 aliphatic rings. The van der Waals surface area contributed by atoms with Crippen molar-refractivity contribution in [1.82, 2.24) is 0 Å². The Balaban J connectivity index is 2.15. The molecule has 0 bridgehead atoms.